The van der Waals surface area contributed by atoms with E-state index < -0.39 is 0 Å². The molecule has 3 aromatic rings. The smallest absolute Gasteiger partial charge is 0.271 e. The Hall–Kier alpha value is -3.35. The monoisotopic (exact) mass is 382 g/mol. The van der Waals surface area contributed by atoms with Crippen LogP contribution in [0.4, 0.5) is 14.6 Å². The quantitative estimate of drug-likeness (QED) is 0.627. The van der Waals surface area contributed by atoms with Gasteiger partial charge >= 0.3 is 0 Å². The lowest BCUT2D eigenvalue weighted by Crippen LogP contribution is -2.26. The van der Waals surface area contributed by atoms with Crippen molar-refractivity contribution in [2.75, 3.05) is 18.4 Å². The zero-order chi connectivity index (χ0) is 19.8. The van der Waals surface area contributed by atoms with Crippen LogP contribution in [0, 0.1) is 11.6 Å². The number of carbonyl (C=O) groups is 1. The van der Waals surface area contributed by atoms with Crippen LogP contribution in [0.2, 0.25) is 0 Å². The Kier molecular flexibility index (Phi) is 6.62. The molecule has 144 valence electrons. The first-order chi connectivity index (χ1) is 13.6. The minimum Gasteiger partial charge on any atom is -0.368 e. The highest BCUT2D eigenvalue weighted by molar-refractivity contribution is 5.91. The second-order valence-corrected chi connectivity index (χ2v) is 6.19. The zero-order valence-electron chi connectivity index (χ0n) is 15.2. The molecule has 0 aliphatic rings. The number of aromatic nitrogens is 2. The summed E-state index contributed by atoms with van der Waals surface area (Å²) in [5, 5.41) is 5.81. The second kappa shape index (κ2) is 9.55. The number of carbonyl (C=O) groups excluding carboxylic acids is 1. The standard InChI is InChI=1S/C21H20F2N4O/c22-17-7-5-15(6-8-17)9-11-25-21(28)19-13-27-20(14-26-19)24-12-10-16-3-1-2-4-18(16)23/h1-8,13-14H,9-12H2,(H,24,27)(H,25,28). The third-order valence-corrected chi connectivity index (χ3v) is 4.16. The van der Waals surface area contributed by atoms with Crippen molar-refractivity contribution >= 4 is 11.7 Å². The summed E-state index contributed by atoms with van der Waals surface area (Å²) in [5.74, 6) is -0.333. The SMILES string of the molecule is O=C(NCCc1ccc(F)cc1)c1cnc(NCCc2ccccc2F)cn1. The summed E-state index contributed by atoms with van der Waals surface area (Å²) in [5.41, 5.74) is 1.76. The molecule has 5 nitrogen and oxygen atoms in total. The maximum atomic E-state index is 13.6. The molecule has 2 N–H and O–H groups in total. The van der Waals surface area contributed by atoms with E-state index in [-0.39, 0.29) is 23.2 Å². The van der Waals surface area contributed by atoms with Crippen molar-refractivity contribution in [3.8, 4) is 0 Å². The molecule has 0 fully saturated rings. The highest BCUT2D eigenvalue weighted by Gasteiger charge is 2.08. The van der Waals surface area contributed by atoms with Crippen LogP contribution in [0.3, 0.4) is 0 Å². The van der Waals surface area contributed by atoms with E-state index in [1.54, 1.807) is 30.3 Å². The van der Waals surface area contributed by atoms with E-state index in [9.17, 15) is 13.6 Å². The van der Waals surface area contributed by atoms with Gasteiger partial charge in [-0.05, 0) is 42.2 Å². The number of nitrogens with one attached hydrogen (secondary N) is 2. The van der Waals surface area contributed by atoms with E-state index in [2.05, 4.69) is 20.6 Å². The lowest BCUT2D eigenvalue weighted by Gasteiger charge is -2.07. The van der Waals surface area contributed by atoms with E-state index in [1.807, 2.05) is 0 Å². The van der Waals surface area contributed by atoms with Gasteiger partial charge in [-0.15, -0.1) is 0 Å². The molecule has 2 aromatic carbocycles. The Balaban J connectivity index is 1.43. The normalized spacial score (nSPS) is 10.5. The maximum Gasteiger partial charge on any atom is 0.271 e. The van der Waals surface area contributed by atoms with Crippen molar-refractivity contribution in [2.45, 2.75) is 12.8 Å². The fraction of sp³-hybridized carbons (Fsp3) is 0.190. The predicted octanol–water partition coefficient (Wildman–Crippen LogP) is 3.38. The lowest BCUT2D eigenvalue weighted by atomic mass is 10.1. The molecular formula is C21H20F2N4O. The van der Waals surface area contributed by atoms with Crippen LogP contribution in [0.1, 0.15) is 21.6 Å². The topological polar surface area (TPSA) is 66.9 Å². The van der Waals surface area contributed by atoms with Gasteiger partial charge in [-0.25, -0.2) is 18.7 Å². The number of anilines is 1. The summed E-state index contributed by atoms with van der Waals surface area (Å²) < 4.78 is 26.4. The highest BCUT2D eigenvalue weighted by Crippen LogP contribution is 2.08. The van der Waals surface area contributed by atoms with Crippen molar-refractivity contribution in [1.82, 2.24) is 15.3 Å². The van der Waals surface area contributed by atoms with Gasteiger partial charge in [0.2, 0.25) is 0 Å². The van der Waals surface area contributed by atoms with Gasteiger partial charge in [0.15, 0.2) is 0 Å². The summed E-state index contributed by atoms with van der Waals surface area (Å²) in [6.45, 7) is 0.910. The van der Waals surface area contributed by atoms with E-state index >= 15 is 0 Å². The van der Waals surface area contributed by atoms with Crippen molar-refractivity contribution < 1.29 is 13.6 Å². The summed E-state index contributed by atoms with van der Waals surface area (Å²) in [6.07, 6.45) is 3.96. The Labute approximate surface area is 161 Å². The van der Waals surface area contributed by atoms with Gasteiger partial charge in [-0.2, -0.15) is 0 Å². The van der Waals surface area contributed by atoms with Crippen molar-refractivity contribution in [3.05, 3.63) is 89.4 Å². The fourth-order valence-corrected chi connectivity index (χ4v) is 2.62. The molecule has 1 aromatic heterocycles. The zero-order valence-corrected chi connectivity index (χ0v) is 15.2. The van der Waals surface area contributed by atoms with Crippen LogP contribution < -0.4 is 10.6 Å². The number of hydrogen-bond acceptors (Lipinski definition) is 4. The van der Waals surface area contributed by atoms with Crippen LogP contribution in [-0.4, -0.2) is 29.0 Å². The minimum absolute atomic E-state index is 0.207. The number of nitrogens with zero attached hydrogens (tertiary/aromatic N) is 2. The summed E-state index contributed by atoms with van der Waals surface area (Å²) in [6, 6.07) is 12.8. The Morgan fingerprint density at radius 1 is 0.893 bits per heavy atom. The first-order valence-corrected chi connectivity index (χ1v) is 8.94. The Morgan fingerprint density at radius 2 is 1.68 bits per heavy atom. The molecule has 0 aliphatic heterocycles. The number of amides is 1. The molecule has 0 atom stereocenters. The van der Waals surface area contributed by atoms with Gasteiger partial charge in [0.25, 0.3) is 5.91 Å². The second-order valence-electron chi connectivity index (χ2n) is 6.19. The summed E-state index contributed by atoms with van der Waals surface area (Å²) in [4.78, 5) is 20.4. The van der Waals surface area contributed by atoms with Crippen LogP contribution >= 0.6 is 0 Å². The van der Waals surface area contributed by atoms with Crippen molar-refractivity contribution in [3.63, 3.8) is 0 Å². The third kappa shape index (κ3) is 5.57. The van der Waals surface area contributed by atoms with Crippen molar-refractivity contribution in [2.24, 2.45) is 0 Å². The fourth-order valence-electron chi connectivity index (χ4n) is 2.62. The van der Waals surface area contributed by atoms with Crippen LogP contribution in [-0.2, 0) is 12.8 Å². The van der Waals surface area contributed by atoms with Gasteiger partial charge in [0.05, 0.1) is 12.4 Å². The largest absolute Gasteiger partial charge is 0.368 e. The van der Waals surface area contributed by atoms with E-state index in [1.165, 1.54) is 30.6 Å². The molecule has 1 amide bonds. The third-order valence-electron chi connectivity index (χ3n) is 4.16. The van der Waals surface area contributed by atoms with Crippen LogP contribution in [0.25, 0.3) is 0 Å². The van der Waals surface area contributed by atoms with E-state index in [4.69, 9.17) is 0 Å². The van der Waals surface area contributed by atoms with E-state index in [0.717, 1.165) is 5.56 Å². The molecular weight excluding hydrogens is 362 g/mol. The lowest BCUT2D eigenvalue weighted by molar-refractivity contribution is 0.0949. The van der Waals surface area contributed by atoms with Gasteiger partial charge in [-0.3, -0.25) is 4.79 Å². The van der Waals surface area contributed by atoms with Gasteiger partial charge in [0.1, 0.15) is 23.1 Å². The number of rotatable bonds is 8. The van der Waals surface area contributed by atoms with Gasteiger partial charge in [0, 0.05) is 13.1 Å². The molecule has 0 bridgehead atoms. The van der Waals surface area contributed by atoms with Crippen molar-refractivity contribution in [1.29, 1.82) is 0 Å². The molecule has 0 unspecified atom stereocenters. The average molecular weight is 382 g/mol. The average Bonchev–Trinajstić information content (AvgIpc) is 2.71. The van der Waals surface area contributed by atoms with Gasteiger partial charge in [-0.1, -0.05) is 30.3 Å². The highest BCUT2D eigenvalue weighted by atomic mass is 19.1. The number of halogens is 2. The summed E-state index contributed by atoms with van der Waals surface area (Å²) in [7, 11) is 0. The summed E-state index contributed by atoms with van der Waals surface area (Å²) >= 11 is 0. The van der Waals surface area contributed by atoms with Crippen LogP contribution in [0.5, 0.6) is 0 Å². The molecule has 7 heteroatoms. The maximum absolute atomic E-state index is 13.6. The van der Waals surface area contributed by atoms with Crippen LogP contribution in [0.15, 0.2) is 60.9 Å². The molecule has 0 aliphatic carbocycles. The predicted molar refractivity (Wildman–Crippen MR) is 103 cm³/mol. The Morgan fingerprint density at radius 3 is 2.39 bits per heavy atom. The molecule has 0 radical (unpaired) electrons. The molecule has 1 heterocycles. The van der Waals surface area contributed by atoms with Gasteiger partial charge < -0.3 is 10.6 Å². The minimum atomic E-state index is -0.326. The van der Waals surface area contributed by atoms with E-state index in [0.29, 0.717) is 37.3 Å². The molecule has 3 rings (SSSR count). The molecule has 0 saturated heterocycles. The molecule has 28 heavy (non-hydrogen) atoms. The Bertz CT molecular complexity index is 914. The molecule has 0 saturated carbocycles. The number of benzene rings is 2. The first kappa shape index (κ1) is 19.4. The molecule has 0 spiro atoms. The first-order valence-electron chi connectivity index (χ1n) is 8.94. The number of hydrogen-bond donors (Lipinski definition) is 2.